The molecule has 1 heterocycles. The Bertz CT molecular complexity index is 407. The van der Waals surface area contributed by atoms with Gasteiger partial charge in [-0.05, 0) is 26.2 Å². The number of carbonyl (C=O) groups excluding carboxylic acids is 1. The van der Waals surface area contributed by atoms with E-state index in [4.69, 9.17) is 10.5 Å². The standard InChI is InChI=1S/C12H18N4O2/c1-2-18-10-5-3-4-9(10)16-12-14-6-8(7-15-12)11(13)17/h6-7,9-10H,2-5H2,1H3,(H2,13,17)(H,14,15,16)/t9-,10-/m0/s1. The smallest absolute Gasteiger partial charge is 0.251 e. The molecule has 0 spiro atoms. The Morgan fingerprint density at radius 3 is 2.83 bits per heavy atom. The van der Waals surface area contributed by atoms with Crippen LogP contribution in [-0.2, 0) is 4.74 Å². The van der Waals surface area contributed by atoms with Crippen molar-refractivity contribution in [2.75, 3.05) is 11.9 Å². The summed E-state index contributed by atoms with van der Waals surface area (Å²) in [4.78, 5) is 19.1. The average Bonchev–Trinajstić information content (AvgIpc) is 2.78. The lowest BCUT2D eigenvalue weighted by Crippen LogP contribution is -2.31. The first kappa shape index (κ1) is 12.8. The van der Waals surface area contributed by atoms with Gasteiger partial charge in [-0.25, -0.2) is 9.97 Å². The van der Waals surface area contributed by atoms with Crippen molar-refractivity contribution in [1.29, 1.82) is 0 Å². The van der Waals surface area contributed by atoms with E-state index in [2.05, 4.69) is 15.3 Å². The second kappa shape index (κ2) is 5.77. The van der Waals surface area contributed by atoms with Gasteiger partial charge in [0.2, 0.25) is 5.95 Å². The molecule has 98 valence electrons. The van der Waals surface area contributed by atoms with Gasteiger partial charge in [0.15, 0.2) is 0 Å². The highest BCUT2D eigenvalue weighted by Gasteiger charge is 2.28. The summed E-state index contributed by atoms with van der Waals surface area (Å²) in [5.41, 5.74) is 5.44. The van der Waals surface area contributed by atoms with E-state index < -0.39 is 5.91 Å². The molecule has 0 radical (unpaired) electrons. The highest BCUT2D eigenvalue weighted by Crippen LogP contribution is 2.24. The molecule has 0 aromatic carbocycles. The van der Waals surface area contributed by atoms with Gasteiger partial charge in [-0.3, -0.25) is 4.79 Å². The van der Waals surface area contributed by atoms with Crippen LogP contribution in [0.2, 0.25) is 0 Å². The van der Waals surface area contributed by atoms with E-state index in [9.17, 15) is 4.79 Å². The van der Waals surface area contributed by atoms with Crippen molar-refractivity contribution in [3.63, 3.8) is 0 Å². The number of anilines is 1. The number of primary amides is 1. The van der Waals surface area contributed by atoms with E-state index in [0.717, 1.165) is 19.3 Å². The van der Waals surface area contributed by atoms with Gasteiger partial charge in [0.05, 0.1) is 17.7 Å². The third-order valence-electron chi connectivity index (χ3n) is 3.08. The van der Waals surface area contributed by atoms with Crippen LogP contribution in [0.4, 0.5) is 5.95 Å². The lowest BCUT2D eigenvalue weighted by molar-refractivity contribution is 0.0615. The second-order valence-electron chi connectivity index (χ2n) is 4.34. The zero-order valence-electron chi connectivity index (χ0n) is 10.4. The molecule has 1 aliphatic rings. The molecule has 6 nitrogen and oxygen atoms in total. The van der Waals surface area contributed by atoms with E-state index in [1.807, 2.05) is 6.92 Å². The van der Waals surface area contributed by atoms with Gasteiger partial charge in [0.1, 0.15) is 0 Å². The van der Waals surface area contributed by atoms with Crippen LogP contribution < -0.4 is 11.1 Å². The number of hydrogen-bond acceptors (Lipinski definition) is 5. The van der Waals surface area contributed by atoms with Crippen molar-refractivity contribution in [3.05, 3.63) is 18.0 Å². The number of hydrogen-bond donors (Lipinski definition) is 2. The van der Waals surface area contributed by atoms with Crippen LogP contribution in [0.5, 0.6) is 0 Å². The number of nitrogens with two attached hydrogens (primary N) is 1. The van der Waals surface area contributed by atoms with E-state index in [1.54, 1.807) is 0 Å². The number of rotatable bonds is 5. The molecule has 0 bridgehead atoms. The van der Waals surface area contributed by atoms with Crippen LogP contribution in [0.25, 0.3) is 0 Å². The maximum Gasteiger partial charge on any atom is 0.251 e. The van der Waals surface area contributed by atoms with Gasteiger partial charge in [0, 0.05) is 19.0 Å². The monoisotopic (exact) mass is 250 g/mol. The summed E-state index contributed by atoms with van der Waals surface area (Å²) in [6.07, 6.45) is 6.33. The highest BCUT2D eigenvalue weighted by atomic mass is 16.5. The predicted octanol–water partition coefficient (Wildman–Crippen LogP) is 0.945. The Balaban J connectivity index is 1.98. The number of aromatic nitrogens is 2. The molecule has 2 rings (SSSR count). The first-order chi connectivity index (χ1) is 8.70. The molecule has 1 aromatic rings. The Labute approximate surface area is 106 Å². The van der Waals surface area contributed by atoms with Crippen molar-refractivity contribution >= 4 is 11.9 Å². The quantitative estimate of drug-likeness (QED) is 0.811. The van der Waals surface area contributed by atoms with Crippen LogP contribution in [0.1, 0.15) is 36.5 Å². The molecule has 18 heavy (non-hydrogen) atoms. The van der Waals surface area contributed by atoms with Gasteiger partial charge in [-0.1, -0.05) is 0 Å². The van der Waals surface area contributed by atoms with Crippen LogP contribution in [0.3, 0.4) is 0 Å². The summed E-state index contributed by atoms with van der Waals surface area (Å²) in [6, 6.07) is 0.240. The minimum atomic E-state index is -0.519. The molecule has 1 aliphatic carbocycles. The van der Waals surface area contributed by atoms with Gasteiger partial charge in [0.25, 0.3) is 5.91 Å². The van der Waals surface area contributed by atoms with Crippen LogP contribution in [-0.4, -0.2) is 34.6 Å². The summed E-state index contributed by atoms with van der Waals surface area (Å²) in [6.45, 7) is 2.71. The summed E-state index contributed by atoms with van der Waals surface area (Å²) in [5, 5.41) is 3.24. The van der Waals surface area contributed by atoms with E-state index >= 15 is 0 Å². The Morgan fingerprint density at radius 1 is 1.50 bits per heavy atom. The number of ether oxygens (including phenoxy) is 1. The fourth-order valence-electron chi connectivity index (χ4n) is 2.20. The van der Waals surface area contributed by atoms with Crippen molar-refractivity contribution in [3.8, 4) is 0 Å². The molecule has 1 fully saturated rings. The Kier molecular flexibility index (Phi) is 4.09. The van der Waals surface area contributed by atoms with Crippen molar-refractivity contribution < 1.29 is 9.53 Å². The first-order valence-corrected chi connectivity index (χ1v) is 6.20. The minimum absolute atomic E-state index is 0.217. The maximum atomic E-state index is 10.9. The van der Waals surface area contributed by atoms with Gasteiger partial charge in [-0.2, -0.15) is 0 Å². The third kappa shape index (κ3) is 2.95. The van der Waals surface area contributed by atoms with E-state index in [-0.39, 0.29) is 12.1 Å². The van der Waals surface area contributed by atoms with Crippen molar-refractivity contribution in [2.45, 2.75) is 38.3 Å². The summed E-state index contributed by atoms with van der Waals surface area (Å²) in [7, 11) is 0. The fraction of sp³-hybridized carbons (Fsp3) is 0.583. The normalized spacial score (nSPS) is 22.9. The molecule has 1 amide bonds. The molecule has 6 heteroatoms. The van der Waals surface area contributed by atoms with Gasteiger partial charge < -0.3 is 15.8 Å². The molecular weight excluding hydrogens is 232 g/mol. The summed E-state index contributed by atoms with van der Waals surface area (Å²) in [5.74, 6) is -0.00814. The Morgan fingerprint density at radius 2 is 2.22 bits per heavy atom. The lowest BCUT2D eigenvalue weighted by atomic mass is 10.2. The number of nitrogens with zero attached hydrogens (tertiary/aromatic N) is 2. The fourth-order valence-corrected chi connectivity index (χ4v) is 2.20. The average molecular weight is 250 g/mol. The molecule has 3 N–H and O–H groups in total. The predicted molar refractivity (Wildman–Crippen MR) is 67.2 cm³/mol. The Hall–Kier alpha value is -1.69. The molecule has 0 unspecified atom stereocenters. The summed E-state index contributed by atoms with van der Waals surface area (Å²) >= 11 is 0. The van der Waals surface area contributed by atoms with Crippen molar-refractivity contribution in [1.82, 2.24) is 9.97 Å². The van der Waals surface area contributed by atoms with E-state index in [1.165, 1.54) is 12.4 Å². The number of carbonyl (C=O) groups is 1. The molecular formula is C12H18N4O2. The molecule has 0 saturated heterocycles. The SMILES string of the molecule is CCO[C@H]1CCC[C@@H]1Nc1ncc(C(N)=O)cn1. The molecule has 0 aliphatic heterocycles. The van der Waals surface area contributed by atoms with Gasteiger partial charge >= 0.3 is 0 Å². The largest absolute Gasteiger partial charge is 0.376 e. The zero-order valence-corrected chi connectivity index (χ0v) is 10.4. The summed E-state index contributed by atoms with van der Waals surface area (Å²) < 4.78 is 5.66. The maximum absolute atomic E-state index is 10.9. The zero-order chi connectivity index (χ0) is 13.0. The van der Waals surface area contributed by atoms with Crippen LogP contribution in [0.15, 0.2) is 12.4 Å². The second-order valence-corrected chi connectivity index (χ2v) is 4.34. The number of amides is 1. The van der Waals surface area contributed by atoms with Crippen molar-refractivity contribution in [2.24, 2.45) is 5.73 Å². The molecule has 1 aromatic heterocycles. The number of nitrogens with one attached hydrogen (secondary N) is 1. The van der Waals surface area contributed by atoms with Crippen LogP contribution >= 0.6 is 0 Å². The van der Waals surface area contributed by atoms with Crippen LogP contribution in [0, 0.1) is 0 Å². The first-order valence-electron chi connectivity index (χ1n) is 6.20. The topological polar surface area (TPSA) is 90.1 Å². The minimum Gasteiger partial charge on any atom is -0.376 e. The molecule has 2 atom stereocenters. The third-order valence-corrected chi connectivity index (χ3v) is 3.08. The molecule has 1 saturated carbocycles. The lowest BCUT2D eigenvalue weighted by Gasteiger charge is -2.20. The van der Waals surface area contributed by atoms with Gasteiger partial charge in [-0.15, -0.1) is 0 Å². The van der Waals surface area contributed by atoms with E-state index in [0.29, 0.717) is 18.1 Å². The highest BCUT2D eigenvalue weighted by molar-refractivity contribution is 5.92.